The van der Waals surface area contributed by atoms with Crippen LogP contribution in [0.25, 0.3) is 0 Å². The topological polar surface area (TPSA) is 60.9 Å². The van der Waals surface area contributed by atoms with E-state index in [2.05, 4.69) is 0 Å². The van der Waals surface area contributed by atoms with Crippen LogP contribution in [0.2, 0.25) is 0 Å². The highest BCUT2D eigenvalue weighted by Gasteiger charge is 2.24. The molecule has 0 saturated carbocycles. The van der Waals surface area contributed by atoms with Crippen LogP contribution < -0.4 is 4.90 Å². The zero-order valence-corrected chi connectivity index (χ0v) is 13.9. The van der Waals surface area contributed by atoms with Crippen LogP contribution >= 0.6 is 0 Å². The summed E-state index contributed by atoms with van der Waals surface area (Å²) < 4.78 is 0. The molecule has 124 valence electrons. The Hall–Kier alpha value is -2.37. The van der Waals surface area contributed by atoms with Crippen molar-refractivity contribution in [2.45, 2.75) is 20.8 Å². The van der Waals surface area contributed by atoms with Gasteiger partial charge in [-0.05, 0) is 37.1 Å². The van der Waals surface area contributed by atoms with E-state index in [0.717, 1.165) is 23.2 Å². The standard InChI is InChI=1S/C17H23N3O3/c1-13-8-14(2)10-16(9-13)20(15(3)22)11-17(23)19-6-4-18(12-21)5-7-19/h8-10,12H,4-7,11H2,1-3H3. The largest absolute Gasteiger partial charge is 0.342 e. The van der Waals surface area contributed by atoms with Crippen molar-refractivity contribution in [2.75, 3.05) is 37.6 Å². The third-order valence-electron chi connectivity index (χ3n) is 4.01. The van der Waals surface area contributed by atoms with Gasteiger partial charge in [0.2, 0.25) is 18.2 Å². The second-order valence-corrected chi connectivity index (χ2v) is 5.97. The smallest absolute Gasteiger partial charge is 0.242 e. The second-order valence-electron chi connectivity index (χ2n) is 5.97. The van der Waals surface area contributed by atoms with Gasteiger partial charge in [-0.3, -0.25) is 14.4 Å². The first-order chi connectivity index (χ1) is 10.9. The molecule has 6 nitrogen and oxygen atoms in total. The molecule has 1 aliphatic heterocycles. The summed E-state index contributed by atoms with van der Waals surface area (Å²) in [5, 5.41) is 0. The number of aryl methyl sites for hydroxylation is 2. The summed E-state index contributed by atoms with van der Waals surface area (Å²) in [6, 6.07) is 5.85. The lowest BCUT2D eigenvalue weighted by atomic mass is 10.1. The Morgan fingerprint density at radius 2 is 1.65 bits per heavy atom. The number of piperazine rings is 1. The van der Waals surface area contributed by atoms with Crippen molar-refractivity contribution in [2.24, 2.45) is 0 Å². The Kier molecular flexibility index (Phi) is 5.36. The van der Waals surface area contributed by atoms with E-state index in [0.29, 0.717) is 26.2 Å². The highest BCUT2D eigenvalue weighted by Crippen LogP contribution is 2.19. The van der Waals surface area contributed by atoms with E-state index < -0.39 is 0 Å². The summed E-state index contributed by atoms with van der Waals surface area (Å²) in [6.07, 6.45) is 0.805. The molecule has 0 unspecified atom stereocenters. The molecule has 1 saturated heterocycles. The fourth-order valence-electron chi connectivity index (χ4n) is 2.80. The van der Waals surface area contributed by atoms with Gasteiger partial charge in [-0.25, -0.2) is 0 Å². The van der Waals surface area contributed by atoms with Crippen LogP contribution in [0.5, 0.6) is 0 Å². The van der Waals surface area contributed by atoms with Crippen LogP contribution in [0.4, 0.5) is 5.69 Å². The number of anilines is 1. The molecule has 6 heteroatoms. The van der Waals surface area contributed by atoms with Gasteiger partial charge in [0.1, 0.15) is 6.54 Å². The molecule has 0 spiro atoms. The van der Waals surface area contributed by atoms with E-state index in [-0.39, 0.29) is 18.4 Å². The summed E-state index contributed by atoms with van der Waals surface area (Å²) in [7, 11) is 0. The monoisotopic (exact) mass is 317 g/mol. The van der Waals surface area contributed by atoms with Gasteiger partial charge in [-0.2, -0.15) is 0 Å². The molecule has 1 aromatic rings. The van der Waals surface area contributed by atoms with Crippen LogP contribution in [0.15, 0.2) is 18.2 Å². The SMILES string of the molecule is CC(=O)N(CC(=O)N1CCN(C=O)CC1)c1cc(C)cc(C)c1. The van der Waals surface area contributed by atoms with Crippen molar-refractivity contribution in [1.82, 2.24) is 9.80 Å². The van der Waals surface area contributed by atoms with Gasteiger partial charge in [-0.15, -0.1) is 0 Å². The minimum absolute atomic E-state index is 0.0271. The average Bonchev–Trinajstić information content (AvgIpc) is 2.51. The van der Waals surface area contributed by atoms with Gasteiger partial charge in [0.25, 0.3) is 0 Å². The molecule has 0 bridgehead atoms. The first-order valence-corrected chi connectivity index (χ1v) is 7.74. The number of rotatable bonds is 4. The van der Waals surface area contributed by atoms with Crippen molar-refractivity contribution < 1.29 is 14.4 Å². The molecule has 2 rings (SSSR count). The Morgan fingerprint density at radius 1 is 1.09 bits per heavy atom. The average molecular weight is 317 g/mol. The molecule has 3 amide bonds. The van der Waals surface area contributed by atoms with Crippen LogP contribution in [0.3, 0.4) is 0 Å². The number of nitrogens with zero attached hydrogens (tertiary/aromatic N) is 3. The van der Waals surface area contributed by atoms with Crippen molar-refractivity contribution >= 4 is 23.9 Å². The van der Waals surface area contributed by atoms with E-state index in [4.69, 9.17) is 0 Å². The first kappa shape index (κ1) is 17.0. The van der Waals surface area contributed by atoms with E-state index in [9.17, 15) is 14.4 Å². The molecular formula is C17H23N3O3. The molecule has 0 N–H and O–H groups in total. The molecule has 0 atom stereocenters. The molecule has 0 radical (unpaired) electrons. The maximum atomic E-state index is 12.5. The quantitative estimate of drug-likeness (QED) is 0.777. The van der Waals surface area contributed by atoms with Gasteiger partial charge >= 0.3 is 0 Å². The van der Waals surface area contributed by atoms with Gasteiger partial charge in [0.05, 0.1) is 0 Å². The zero-order chi connectivity index (χ0) is 17.0. The minimum Gasteiger partial charge on any atom is -0.342 e. The van der Waals surface area contributed by atoms with Crippen molar-refractivity contribution in [3.05, 3.63) is 29.3 Å². The summed E-state index contributed by atoms with van der Waals surface area (Å²) in [5.74, 6) is -0.250. The normalized spacial score (nSPS) is 14.6. The molecule has 23 heavy (non-hydrogen) atoms. The fourth-order valence-corrected chi connectivity index (χ4v) is 2.80. The van der Waals surface area contributed by atoms with Crippen LogP contribution in [0.1, 0.15) is 18.1 Å². The van der Waals surface area contributed by atoms with Crippen LogP contribution in [-0.4, -0.2) is 60.7 Å². The maximum absolute atomic E-state index is 12.5. The first-order valence-electron chi connectivity index (χ1n) is 7.74. The summed E-state index contributed by atoms with van der Waals surface area (Å²) in [4.78, 5) is 40.0. The Balaban J connectivity index is 2.09. The van der Waals surface area contributed by atoms with Gasteiger partial charge in [0, 0.05) is 38.8 Å². The van der Waals surface area contributed by atoms with Crippen molar-refractivity contribution in [3.63, 3.8) is 0 Å². The van der Waals surface area contributed by atoms with Gasteiger partial charge < -0.3 is 14.7 Å². The Labute approximate surface area is 136 Å². The predicted octanol–water partition coefficient (Wildman–Crippen LogP) is 0.957. The van der Waals surface area contributed by atoms with E-state index in [1.165, 1.54) is 11.8 Å². The third kappa shape index (κ3) is 4.31. The summed E-state index contributed by atoms with van der Waals surface area (Å²) in [5.41, 5.74) is 2.85. The van der Waals surface area contributed by atoms with Crippen molar-refractivity contribution in [1.29, 1.82) is 0 Å². The Morgan fingerprint density at radius 3 is 2.13 bits per heavy atom. The number of carbonyl (C=O) groups excluding carboxylic acids is 3. The molecule has 1 fully saturated rings. The Bertz CT molecular complexity index is 587. The number of hydrogen-bond donors (Lipinski definition) is 0. The lowest BCUT2D eigenvalue weighted by Gasteiger charge is -2.34. The predicted molar refractivity (Wildman–Crippen MR) is 88.2 cm³/mol. The number of carbonyl (C=O) groups is 3. The van der Waals surface area contributed by atoms with Crippen LogP contribution in [0, 0.1) is 13.8 Å². The molecule has 0 aromatic heterocycles. The molecule has 0 aliphatic carbocycles. The highest BCUT2D eigenvalue weighted by atomic mass is 16.2. The second kappa shape index (κ2) is 7.26. The van der Waals surface area contributed by atoms with E-state index >= 15 is 0 Å². The zero-order valence-electron chi connectivity index (χ0n) is 13.9. The number of benzene rings is 1. The fraction of sp³-hybridized carbons (Fsp3) is 0.471. The highest BCUT2D eigenvalue weighted by molar-refractivity contribution is 5.97. The summed E-state index contributed by atoms with van der Waals surface area (Å²) in [6.45, 7) is 7.53. The molecule has 1 aromatic carbocycles. The number of hydrogen-bond acceptors (Lipinski definition) is 3. The minimum atomic E-state index is -0.158. The van der Waals surface area contributed by atoms with Crippen LogP contribution in [-0.2, 0) is 14.4 Å². The summed E-state index contributed by atoms with van der Waals surface area (Å²) >= 11 is 0. The lowest BCUT2D eigenvalue weighted by Crippen LogP contribution is -2.51. The maximum Gasteiger partial charge on any atom is 0.242 e. The third-order valence-corrected chi connectivity index (χ3v) is 4.01. The van der Waals surface area contributed by atoms with Crippen molar-refractivity contribution in [3.8, 4) is 0 Å². The van der Waals surface area contributed by atoms with E-state index in [1.807, 2.05) is 32.0 Å². The molecule has 1 aliphatic rings. The van der Waals surface area contributed by atoms with Gasteiger partial charge in [-0.1, -0.05) is 6.07 Å². The lowest BCUT2D eigenvalue weighted by molar-refractivity contribution is -0.134. The molecular weight excluding hydrogens is 294 g/mol. The van der Waals surface area contributed by atoms with E-state index in [1.54, 1.807) is 9.80 Å². The molecule has 1 heterocycles. The van der Waals surface area contributed by atoms with Gasteiger partial charge in [0.15, 0.2) is 0 Å². The number of amides is 3.